The maximum atomic E-state index is 6.63. The lowest BCUT2D eigenvalue weighted by Crippen LogP contribution is -2.19. The molecule has 51 heavy (non-hydrogen) atoms. The molecule has 1 aliphatic carbocycles. The molecule has 8 aromatic rings. The van der Waals surface area contributed by atoms with Gasteiger partial charge in [-0.2, -0.15) is 0 Å². The van der Waals surface area contributed by atoms with Gasteiger partial charge in [-0.1, -0.05) is 128 Å². The predicted molar refractivity (Wildman–Crippen MR) is 213 cm³/mol. The third-order valence-electron chi connectivity index (χ3n) is 10.1. The molecular formula is C47H37N3O. The van der Waals surface area contributed by atoms with Crippen LogP contribution in [-0.4, -0.2) is 10.3 Å². The Hall–Kier alpha value is -6.39. The summed E-state index contributed by atoms with van der Waals surface area (Å²) in [5.74, 6) is 0. The average molecular weight is 660 g/mol. The summed E-state index contributed by atoms with van der Waals surface area (Å²) in [5, 5.41) is 7.08. The highest BCUT2D eigenvalue weighted by Gasteiger charge is 2.22. The summed E-state index contributed by atoms with van der Waals surface area (Å²) in [5.41, 5.74) is 14.0. The Morgan fingerprint density at radius 3 is 2.27 bits per heavy atom. The van der Waals surface area contributed by atoms with Gasteiger partial charge in [0.25, 0.3) is 0 Å². The molecule has 4 nitrogen and oxygen atoms in total. The highest BCUT2D eigenvalue weighted by atomic mass is 16.3. The smallest absolute Gasteiger partial charge is 0.145 e. The number of nitrogens with zero attached hydrogens (tertiary/aromatic N) is 2. The van der Waals surface area contributed by atoms with Crippen LogP contribution in [0.15, 0.2) is 168 Å². The van der Waals surface area contributed by atoms with E-state index in [1.807, 2.05) is 36.4 Å². The lowest BCUT2D eigenvalue weighted by atomic mass is 9.99. The zero-order valence-electron chi connectivity index (χ0n) is 28.5. The molecule has 4 heteroatoms. The van der Waals surface area contributed by atoms with Crippen molar-refractivity contribution in [2.75, 3.05) is 0 Å². The normalized spacial score (nSPS) is 13.5. The summed E-state index contributed by atoms with van der Waals surface area (Å²) in [6.45, 7) is 6.39. The van der Waals surface area contributed by atoms with Gasteiger partial charge in [-0.3, -0.25) is 4.99 Å². The third kappa shape index (κ3) is 5.55. The maximum Gasteiger partial charge on any atom is 0.145 e. The van der Waals surface area contributed by atoms with E-state index in [1.165, 1.54) is 33.3 Å². The summed E-state index contributed by atoms with van der Waals surface area (Å²) in [4.78, 5) is 5.21. The summed E-state index contributed by atoms with van der Waals surface area (Å²) in [7, 11) is 0. The van der Waals surface area contributed by atoms with Crippen LogP contribution >= 0.6 is 0 Å². The molecule has 1 unspecified atom stereocenters. The first-order valence-corrected chi connectivity index (χ1v) is 17.6. The van der Waals surface area contributed by atoms with Crippen molar-refractivity contribution in [1.29, 1.82) is 0 Å². The van der Waals surface area contributed by atoms with Crippen LogP contribution in [0.4, 0.5) is 0 Å². The van der Waals surface area contributed by atoms with Crippen molar-refractivity contribution in [3.8, 4) is 16.8 Å². The van der Waals surface area contributed by atoms with E-state index in [9.17, 15) is 0 Å². The highest BCUT2D eigenvalue weighted by Crippen LogP contribution is 2.40. The van der Waals surface area contributed by atoms with Crippen LogP contribution in [0.3, 0.4) is 0 Å². The first-order valence-electron chi connectivity index (χ1n) is 17.6. The van der Waals surface area contributed by atoms with E-state index in [0.717, 1.165) is 68.6 Å². The number of hydrogen-bond donors (Lipinski definition) is 1. The Labute approximate surface area is 297 Å². The fourth-order valence-corrected chi connectivity index (χ4v) is 7.50. The molecule has 0 radical (unpaired) electrons. The zero-order valence-corrected chi connectivity index (χ0v) is 28.5. The van der Waals surface area contributed by atoms with Crippen molar-refractivity contribution in [2.24, 2.45) is 4.99 Å². The number of aliphatic imine (C=N–C) groups is 1. The topological polar surface area (TPSA) is 42.5 Å². The standard InChI is InChI=1S/C47H37N3O/c1-31(33-15-6-3-7-16-33)48-47(35-19-10-5-11-20-35)49-32(2)36-25-28-40-45(30-36)51-44-24-14-23-42(46(40)44)50-41-22-13-12-21-38(41)39-27-26-37(29-43(39)50)34-17-8-4-9-18-34/h3-11,13-20,22-30,47-48H,1,12,21H2,2H3. The largest absolute Gasteiger partial charge is 0.456 e. The van der Waals surface area contributed by atoms with Crippen molar-refractivity contribution in [3.63, 3.8) is 0 Å². The Kier molecular flexibility index (Phi) is 7.70. The monoisotopic (exact) mass is 659 g/mol. The van der Waals surface area contributed by atoms with E-state index >= 15 is 0 Å². The molecule has 246 valence electrons. The van der Waals surface area contributed by atoms with Gasteiger partial charge in [0.05, 0.1) is 16.6 Å². The molecule has 0 amide bonds. The van der Waals surface area contributed by atoms with Gasteiger partial charge in [0.1, 0.15) is 17.3 Å². The van der Waals surface area contributed by atoms with E-state index in [-0.39, 0.29) is 6.17 Å². The zero-order chi connectivity index (χ0) is 34.3. The molecule has 0 saturated heterocycles. The fourth-order valence-electron chi connectivity index (χ4n) is 7.50. The van der Waals surface area contributed by atoms with Crippen molar-refractivity contribution < 1.29 is 4.42 Å². The second kappa shape index (κ2) is 12.8. The average Bonchev–Trinajstić information content (AvgIpc) is 3.73. The molecule has 1 aliphatic rings. The number of fused-ring (bicyclic) bond motifs is 6. The third-order valence-corrected chi connectivity index (χ3v) is 10.1. The van der Waals surface area contributed by atoms with Crippen LogP contribution in [0.1, 0.15) is 47.5 Å². The van der Waals surface area contributed by atoms with Crippen LogP contribution in [0.2, 0.25) is 0 Å². The number of nitrogens with one attached hydrogen (secondary N) is 1. The molecule has 6 aromatic carbocycles. The van der Waals surface area contributed by atoms with Crippen LogP contribution in [0.5, 0.6) is 0 Å². The Morgan fingerprint density at radius 2 is 1.47 bits per heavy atom. The molecule has 0 bridgehead atoms. The van der Waals surface area contributed by atoms with E-state index < -0.39 is 0 Å². The lowest BCUT2D eigenvalue weighted by molar-refractivity contribution is 0.667. The van der Waals surface area contributed by atoms with Gasteiger partial charge in [0.2, 0.25) is 0 Å². The number of hydrogen-bond acceptors (Lipinski definition) is 3. The minimum absolute atomic E-state index is 0.307. The first-order chi connectivity index (χ1) is 25.1. The fraction of sp³-hybridized carbons (Fsp3) is 0.0851. The van der Waals surface area contributed by atoms with Gasteiger partial charge in [-0.05, 0) is 89.6 Å². The minimum atomic E-state index is -0.307. The molecule has 0 aliphatic heterocycles. The van der Waals surface area contributed by atoms with Crippen LogP contribution in [-0.2, 0) is 6.42 Å². The molecule has 1 N–H and O–H groups in total. The molecule has 1 atom stereocenters. The van der Waals surface area contributed by atoms with Crippen molar-refractivity contribution in [3.05, 3.63) is 186 Å². The number of allylic oxidation sites excluding steroid dienone is 1. The summed E-state index contributed by atoms with van der Waals surface area (Å²) < 4.78 is 9.07. The number of rotatable bonds is 8. The van der Waals surface area contributed by atoms with Crippen molar-refractivity contribution >= 4 is 50.3 Å². The van der Waals surface area contributed by atoms with Crippen LogP contribution < -0.4 is 5.32 Å². The second-order valence-electron chi connectivity index (χ2n) is 13.2. The van der Waals surface area contributed by atoms with E-state index in [4.69, 9.17) is 9.41 Å². The van der Waals surface area contributed by atoms with Gasteiger partial charge >= 0.3 is 0 Å². The van der Waals surface area contributed by atoms with Gasteiger partial charge < -0.3 is 14.3 Å². The number of aromatic nitrogens is 1. The molecule has 2 heterocycles. The number of aryl methyl sites for hydroxylation is 1. The molecule has 0 fully saturated rings. The van der Waals surface area contributed by atoms with E-state index in [1.54, 1.807) is 0 Å². The first kappa shape index (κ1) is 30.7. The maximum absolute atomic E-state index is 6.63. The van der Waals surface area contributed by atoms with Crippen LogP contribution in [0.25, 0.3) is 61.4 Å². The minimum Gasteiger partial charge on any atom is -0.456 e. The molecular weight excluding hydrogens is 623 g/mol. The second-order valence-corrected chi connectivity index (χ2v) is 13.2. The molecule has 0 spiro atoms. The summed E-state index contributed by atoms with van der Waals surface area (Å²) in [6.07, 6.45) is 6.37. The highest BCUT2D eigenvalue weighted by molar-refractivity contribution is 6.12. The Morgan fingerprint density at radius 1 is 0.725 bits per heavy atom. The van der Waals surface area contributed by atoms with Gasteiger partial charge in [0, 0.05) is 27.9 Å². The van der Waals surface area contributed by atoms with E-state index in [2.05, 4.69) is 145 Å². The Bertz CT molecular complexity index is 2630. The molecule has 0 saturated carbocycles. The number of benzene rings is 6. The van der Waals surface area contributed by atoms with Gasteiger partial charge in [-0.15, -0.1) is 0 Å². The lowest BCUT2D eigenvalue weighted by Gasteiger charge is -2.19. The molecule has 9 rings (SSSR count). The SMILES string of the molecule is C=C(NC(N=C(C)c1ccc2c(c1)oc1cccc(-n3c4c(c5ccc(-c6ccccc6)cc53)CCC=C4)c12)c1ccccc1)c1ccccc1. The van der Waals surface area contributed by atoms with Gasteiger partial charge in [0.15, 0.2) is 0 Å². The quantitative estimate of drug-likeness (QED) is 0.165. The summed E-state index contributed by atoms with van der Waals surface area (Å²) >= 11 is 0. The van der Waals surface area contributed by atoms with Crippen molar-refractivity contribution in [1.82, 2.24) is 9.88 Å². The summed E-state index contributed by atoms with van der Waals surface area (Å²) in [6, 6.07) is 50.9. The Balaban J connectivity index is 1.15. The van der Waals surface area contributed by atoms with Crippen molar-refractivity contribution in [2.45, 2.75) is 25.9 Å². The van der Waals surface area contributed by atoms with Gasteiger partial charge in [-0.25, -0.2) is 0 Å². The number of furan rings is 1. The van der Waals surface area contributed by atoms with E-state index in [0.29, 0.717) is 0 Å². The predicted octanol–water partition coefficient (Wildman–Crippen LogP) is 11.9. The van der Waals surface area contributed by atoms with Crippen LogP contribution in [0, 0.1) is 0 Å². The molecule has 2 aromatic heterocycles.